The fourth-order valence-electron chi connectivity index (χ4n) is 4.22. The van der Waals surface area contributed by atoms with Crippen LogP contribution >= 0.6 is 11.6 Å². The molecule has 3 heterocycles. The number of nitrogens with one attached hydrogen (secondary N) is 2. The number of pyridine rings is 1. The van der Waals surface area contributed by atoms with E-state index in [1.54, 1.807) is 42.6 Å². The van der Waals surface area contributed by atoms with E-state index in [1.807, 2.05) is 6.92 Å². The average Bonchev–Trinajstić information content (AvgIpc) is 3.28. The quantitative estimate of drug-likeness (QED) is 0.392. The highest BCUT2D eigenvalue weighted by molar-refractivity contribution is 6.30. The van der Waals surface area contributed by atoms with E-state index in [0.717, 1.165) is 35.4 Å². The van der Waals surface area contributed by atoms with Gasteiger partial charge in [-0.15, -0.1) is 0 Å². The Kier molecular flexibility index (Phi) is 6.28. The monoisotopic (exact) mass is 479 g/mol. The van der Waals surface area contributed by atoms with Gasteiger partial charge in [0.1, 0.15) is 5.82 Å². The van der Waals surface area contributed by atoms with Gasteiger partial charge in [-0.3, -0.25) is 4.79 Å². The van der Waals surface area contributed by atoms with Crippen LogP contribution in [0.25, 0.3) is 22.4 Å². The Morgan fingerprint density at radius 2 is 2.03 bits per heavy atom. The average molecular weight is 480 g/mol. The fourth-order valence-corrected chi connectivity index (χ4v) is 4.42. The SMILES string of the molecule is Cc1cc(N2CCOCC2)cc2[nH]c(-c3cccn(NC[C@@H](O)c4cccc(Cl)c4)c3=O)nc12. The van der Waals surface area contributed by atoms with Crippen molar-refractivity contribution in [3.63, 3.8) is 0 Å². The maximum absolute atomic E-state index is 13.2. The minimum atomic E-state index is -0.818. The first-order valence-electron chi connectivity index (χ1n) is 11.2. The second-order valence-corrected chi connectivity index (χ2v) is 8.81. The summed E-state index contributed by atoms with van der Waals surface area (Å²) in [4.78, 5) is 23.5. The molecule has 1 aliphatic heterocycles. The Morgan fingerprint density at radius 3 is 2.82 bits per heavy atom. The second kappa shape index (κ2) is 9.50. The number of hydrogen-bond donors (Lipinski definition) is 3. The number of aliphatic hydroxyl groups excluding tert-OH is 1. The van der Waals surface area contributed by atoms with Gasteiger partial charge in [-0.1, -0.05) is 23.7 Å². The van der Waals surface area contributed by atoms with Gasteiger partial charge in [0.05, 0.1) is 42.5 Å². The van der Waals surface area contributed by atoms with Crippen LogP contribution in [0.4, 0.5) is 5.69 Å². The van der Waals surface area contributed by atoms with Crippen molar-refractivity contribution in [2.75, 3.05) is 43.2 Å². The van der Waals surface area contributed by atoms with E-state index in [2.05, 4.69) is 27.4 Å². The molecule has 1 atom stereocenters. The van der Waals surface area contributed by atoms with Crippen LogP contribution < -0.4 is 15.9 Å². The maximum Gasteiger partial charge on any atom is 0.279 e. The summed E-state index contributed by atoms with van der Waals surface area (Å²) in [7, 11) is 0. The summed E-state index contributed by atoms with van der Waals surface area (Å²) in [5, 5.41) is 11.0. The molecule has 0 bridgehead atoms. The minimum Gasteiger partial charge on any atom is -0.386 e. The van der Waals surface area contributed by atoms with Crippen molar-refractivity contribution in [3.8, 4) is 11.4 Å². The third-order valence-corrected chi connectivity index (χ3v) is 6.26. The van der Waals surface area contributed by atoms with Gasteiger partial charge < -0.3 is 25.2 Å². The molecule has 4 aromatic rings. The highest BCUT2D eigenvalue weighted by Crippen LogP contribution is 2.27. The molecule has 0 aliphatic carbocycles. The lowest BCUT2D eigenvalue weighted by Gasteiger charge is -2.29. The Morgan fingerprint density at radius 1 is 1.21 bits per heavy atom. The molecule has 5 rings (SSSR count). The van der Waals surface area contributed by atoms with Gasteiger partial charge in [0, 0.05) is 30.0 Å². The lowest BCUT2D eigenvalue weighted by Crippen LogP contribution is -2.36. The molecule has 0 amide bonds. The summed E-state index contributed by atoms with van der Waals surface area (Å²) >= 11 is 6.01. The number of morpholine rings is 1. The maximum atomic E-state index is 13.2. The first-order valence-corrected chi connectivity index (χ1v) is 11.6. The topological polar surface area (TPSA) is 95.4 Å². The number of fused-ring (bicyclic) bond motifs is 1. The molecule has 176 valence electrons. The van der Waals surface area contributed by atoms with E-state index in [9.17, 15) is 9.90 Å². The van der Waals surface area contributed by atoms with E-state index in [0.29, 0.717) is 35.2 Å². The second-order valence-electron chi connectivity index (χ2n) is 8.37. The number of aliphatic hydroxyl groups is 1. The van der Waals surface area contributed by atoms with Crippen molar-refractivity contribution in [3.05, 3.63) is 81.2 Å². The Bertz CT molecular complexity index is 1380. The predicted molar refractivity (Wildman–Crippen MR) is 134 cm³/mol. The van der Waals surface area contributed by atoms with Gasteiger partial charge in [-0.2, -0.15) is 0 Å². The number of imidazole rings is 1. The number of H-pyrrole nitrogens is 1. The zero-order valence-electron chi connectivity index (χ0n) is 18.8. The molecule has 1 saturated heterocycles. The van der Waals surface area contributed by atoms with E-state index in [-0.39, 0.29) is 12.1 Å². The molecule has 3 N–H and O–H groups in total. The molecule has 2 aromatic carbocycles. The minimum absolute atomic E-state index is 0.145. The molecule has 0 radical (unpaired) electrons. The van der Waals surface area contributed by atoms with Crippen molar-refractivity contribution >= 4 is 28.3 Å². The summed E-state index contributed by atoms with van der Waals surface area (Å²) < 4.78 is 6.83. The molecular formula is C25H26ClN5O3. The summed E-state index contributed by atoms with van der Waals surface area (Å²) in [6, 6.07) is 14.7. The van der Waals surface area contributed by atoms with Gasteiger partial charge in [-0.25, -0.2) is 9.66 Å². The fraction of sp³-hybridized carbons (Fsp3) is 0.280. The molecule has 9 heteroatoms. The highest BCUT2D eigenvalue weighted by Gasteiger charge is 2.17. The number of aromatic nitrogens is 3. The Hall–Kier alpha value is -3.33. The van der Waals surface area contributed by atoms with Crippen molar-refractivity contribution in [2.24, 2.45) is 0 Å². The summed E-state index contributed by atoms with van der Waals surface area (Å²) in [5.41, 5.74) is 7.73. The van der Waals surface area contributed by atoms with E-state index in [1.165, 1.54) is 4.68 Å². The van der Waals surface area contributed by atoms with Gasteiger partial charge in [0.15, 0.2) is 0 Å². The standard InChI is InChI=1S/C25H26ClN5O3/c1-16-12-19(30-8-10-34-11-9-30)14-21-23(16)29-24(28-21)20-6-3-7-31(25(20)33)27-15-22(32)17-4-2-5-18(26)13-17/h2-7,12-14,22,27,32H,8-11,15H2,1H3,(H,28,29)/t22-/m1/s1. The highest BCUT2D eigenvalue weighted by atomic mass is 35.5. The summed E-state index contributed by atoms with van der Waals surface area (Å²) in [5.74, 6) is 0.508. The van der Waals surface area contributed by atoms with Crippen molar-refractivity contribution < 1.29 is 9.84 Å². The predicted octanol–water partition coefficient (Wildman–Crippen LogP) is 3.47. The number of anilines is 1. The van der Waals surface area contributed by atoms with E-state index < -0.39 is 6.10 Å². The zero-order chi connectivity index (χ0) is 23.7. The van der Waals surface area contributed by atoms with Gasteiger partial charge in [-0.05, 0) is 54.4 Å². The normalized spacial score (nSPS) is 15.0. The number of aromatic amines is 1. The van der Waals surface area contributed by atoms with Crippen LogP contribution in [0.15, 0.2) is 59.5 Å². The number of benzene rings is 2. The zero-order valence-corrected chi connectivity index (χ0v) is 19.5. The van der Waals surface area contributed by atoms with Crippen molar-refractivity contribution in [2.45, 2.75) is 13.0 Å². The molecule has 8 nitrogen and oxygen atoms in total. The van der Waals surface area contributed by atoms with Crippen molar-refractivity contribution in [1.29, 1.82) is 0 Å². The van der Waals surface area contributed by atoms with Crippen LogP contribution in [0.3, 0.4) is 0 Å². The Labute approximate surface area is 201 Å². The van der Waals surface area contributed by atoms with Gasteiger partial charge in [0.2, 0.25) is 0 Å². The van der Waals surface area contributed by atoms with Crippen LogP contribution in [0.2, 0.25) is 5.02 Å². The smallest absolute Gasteiger partial charge is 0.279 e. The number of aryl methyl sites for hydroxylation is 1. The summed E-state index contributed by atoms with van der Waals surface area (Å²) in [6.45, 7) is 5.30. The van der Waals surface area contributed by atoms with Crippen LogP contribution in [0.5, 0.6) is 0 Å². The number of ether oxygens (including phenoxy) is 1. The van der Waals surface area contributed by atoms with Crippen LogP contribution in [-0.4, -0.2) is 52.6 Å². The van der Waals surface area contributed by atoms with Crippen LogP contribution in [0.1, 0.15) is 17.2 Å². The molecule has 0 spiro atoms. The molecule has 2 aromatic heterocycles. The van der Waals surface area contributed by atoms with Gasteiger partial charge >= 0.3 is 0 Å². The third kappa shape index (κ3) is 4.52. The molecule has 0 unspecified atom stereocenters. The molecule has 1 fully saturated rings. The van der Waals surface area contributed by atoms with Crippen LogP contribution in [0, 0.1) is 6.92 Å². The van der Waals surface area contributed by atoms with E-state index in [4.69, 9.17) is 21.3 Å². The van der Waals surface area contributed by atoms with E-state index >= 15 is 0 Å². The van der Waals surface area contributed by atoms with Gasteiger partial charge in [0.25, 0.3) is 5.56 Å². The van der Waals surface area contributed by atoms with Crippen LogP contribution in [-0.2, 0) is 4.74 Å². The number of rotatable bonds is 6. The third-order valence-electron chi connectivity index (χ3n) is 6.03. The molecule has 1 aliphatic rings. The lowest BCUT2D eigenvalue weighted by molar-refractivity contribution is 0.122. The molecular weight excluding hydrogens is 454 g/mol. The Balaban J connectivity index is 1.40. The number of hydrogen-bond acceptors (Lipinski definition) is 6. The van der Waals surface area contributed by atoms with Crippen molar-refractivity contribution in [1.82, 2.24) is 14.6 Å². The first-order chi connectivity index (χ1) is 16.5. The lowest BCUT2D eigenvalue weighted by atomic mass is 10.1. The first kappa shape index (κ1) is 22.5. The molecule has 34 heavy (non-hydrogen) atoms. The largest absolute Gasteiger partial charge is 0.386 e. The summed E-state index contributed by atoms with van der Waals surface area (Å²) in [6.07, 6.45) is 0.808. The molecule has 0 saturated carbocycles. The number of halogens is 1. The number of nitrogens with zero attached hydrogens (tertiary/aromatic N) is 3.